The van der Waals surface area contributed by atoms with Crippen LogP contribution < -0.4 is 9.47 Å². The molecular weight excluding hydrogens is 478 g/mol. The minimum Gasteiger partial charge on any atom is -0.490 e. The molecule has 0 saturated heterocycles. The summed E-state index contributed by atoms with van der Waals surface area (Å²) >= 11 is 14.1. The SMILES string of the molecule is CCOC(=O)c1cc(I)c(OCc2ccc(Cl)c(Cl)c2)c(OCC)c1. The van der Waals surface area contributed by atoms with Crippen molar-refractivity contribution in [3.05, 3.63) is 55.1 Å². The lowest BCUT2D eigenvalue weighted by atomic mass is 10.2. The predicted molar refractivity (Wildman–Crippen MR) is 107 cm³/mol. The Morgan fingerprint density at radius 3 is 2.44 bits per heavy atom. The maximum Gasteiger partial charge on any atom is 0.338 e. The van der Waals surface area contributed by atoms with E-state index in [0.717, 1.165) is 9.13 Å². The smallest absolute Gasteiger partial charge is 0.338 e. The molecule has 2 rings (SSSR count). The molecule has 0 aliphatic rings. The van der Waals surface area contributed by atoms with Crippen LogP contribution in [0.3, 0.4) is 0 Å². The number of halogens is 3. The average Bonchev–Trinajstić information content (AvgIpc) is 2.57. The summed E-state index contributed by atoms with van der Waals surface area (Å²) in [5, 5.41) is 0.967. The van der Waals surface area contributed by atoms with E-state index in [4.69, 9.17) is 37.4 Å². The Balaban J connectivity index is 2.26. The third-order valence-electron chi connectivity index (χ3n) is 3.19. The van der Waals surface area contributed by atoms with Gasteiger partial charge in [-0.2, -0.15) is 0 Å². The molecule has 2 aromatic rings. The van der Waals surface area contributed by atoms with Gasteiger partial charge in [-0.25, -0.2) is 4.79 Å². The monoisotopic (exact) mass is 494 g/mol. The fraction of sp³-hybridized carbons (Fsp3) is 0.278. The van der Waals surface area contributed by atoms with Crippen molar-refractivity contribution in [1.82, 2.24) is 0 Å². The van der Waals surface area contributed by atoms with Gasteiger partial charge in [0, 0.05) is 0 Å². The number of hydrogen-bond acceptors (Lipinski definition) is 4. The average molecular weight is 495 g/mol. The molecule has 25 heavy (non-hydrogen) atoms. The van der Waals surface area contributed by atoms with Crippen LogP contribution in [-0.4, -0.2) is 19.2 Å². The molecular formula is C18H17Cl2IO4. The third-order valence-corrected chi connectivity index (χ3v) is 4.73. The Hall–Kier alpha value is -1.18. The van der Waals surface area contributed by atoms with Crippen LogP contribution in [-0.2, 0) is 11.3 Å². The third kappa shape index (κ3) is 5.39. The summed E-state index contributed by atoms with van der Waals surface area (Å²) in [6, 6.07) is 8.67. The number of carbonyl (C=O) groups is 1. The van der Waals surface area contributed by atoms with Crippen LogP contribution in [0.1, 0.15) is 29.8 Å². The molecule has 4 nitrogen and oxygen atoms in total. The van der Waals surface area contributed by atoms with E-state index in [9.17, 15) is 4.79 Å². The first-order valence-electron chi connectivity index (χ1n) is 7.66. The maximum atomic E-state index is 12.0. The number of ether oxygens (including phenoxy) is 3. The van der Waals surface area contributed by atoms with Gasteiger partial charge >= 0.3 is 5.97 Å². The van der Waals surface area contributed by atoms with Crippen LogP contribution in [0.2, 0.25) is 10.0 Å². The van der Waals surface area contributed by atoms with Crippen molar-refractivity contribution in [2.75, 3.05) is 13.2 Å². The second kappa shape index (κ2) is 9.50. The lowest BCUT2D eigenvalue weighted by Crippen LogP contribution is -2.08. The zero-order chi connectivity index (χ0) is 18.4. The fourth-order valence-corrected chi connectivity index (χ4v) is 3.17. The van der Waals surface area contributed by atoms with Crippen LogP contribution >= 0.6 is 45.8 Å². The molecule has 7 heteroatoms. The molecule has 2 aromatic carbocycles. The number of hydrogen-bond donors (Lipinski definition) is 0. The van der Waals surface area contributed by atoms with Crippen molar-refractivity contribution in [2.45, 2.75) is 20.5 Å². The summed E-state index contributed by atoms with van der Waals surface area (Å²) in [5.74, 6) is 0.677. The van der Waals surface area contributed by atoms with Crippen LogP contribution in [0.15, 0.2) is 30.3 Å². The van der Waals surface area contributed by atoms with Gasteiger partial charge in [-0.15, -0.1) is 0 Å². The number of carbonyl (C=O) groups excluding carboxylic acids is 1. The van der Waals surface area contributed by atoms with E-state index in [-0.39, 0.29) is 0 Å². The molecule has 0 aromatic heterocycles. The van der Waals surface area contributed by atoms with Gasteiger partial charge in [0.05, 0.1) is 32.4 Å². The molecule has 0 radical (unpaired) electrons. The van der Waals surface area contributed by atoms with E-state index < -0.39 is 5.97 Å². The Morgan fingerprint density at radius 1 is 1.04 bits per heavy atom. The number of rotatable bonds is 7. The Bertz CT molecular complexity index is 765. The summed E-state index contributed by atoms with van der Waals surface area (Å²) in [4.78, 5) is 12.0. The minimum absolute atomic E-state index is 0.297. The first kappa shape index (κ1) is 20.1. The lowest BCUT2D eigenvalue weighted by molar-refractivity contribution is 0.0525. The van der Waals surface area contributed by atoms with E-state index in [1.54, 1.807) is 31.2 Å². The summed E-state index contributed by atoms with van der Waals surface area (Å²) in [5.41, 5.74) is 1.30. The summed E-state index contributed by atoms with van der Waals surface area (Å²) in [6.07, 6.45) is 0. The molecule has 0 aliphatic carbocycles. The van der Waals surface area contributed by atoms with Crippen molar-refractivity contribution in [3.63, 3.8) is 0 Å². The van der Waals surface area contributed by atoms with Crippen molar-refractivity contribution >= 4 is 51.8 Å². The van der Waals surface area contributed by atoms with E-state index in [1.807, 2.05) is 13.0 Å². The quantitative estimate of drug-likeness (QED) is 0.363. The molecule has 0 fully saturated rings. The summed E-state index contributed by atoms with van der Waals surface area (Å²) in [6.45, 7) is 4.69. The van der Waals surface area contributed by atoms with Crippen LogP contribution in [0.25, 0.3) is 0 Å². The summed E-state index contributed by atoms with van der Waals surface area (Å²) in [7, 11) is 0. The molecule has 0 spiro atoms. The maximum absolute atomic E-state index is 12.0. The van der Waals surface area contributed by atoms with Crippen molar-refractivity contribution in [3.8, 4) is 11.5 Å². The zero-order valence-electron chi connectivity index (χ0n) is 13.8. The van der Waals surface area contributed by atoms with Gasteiger partial charge in [-0.3, -0.25) is 0 Å². The van der Waals surface area contributed by atoms with Crippen molar-refractivity contribution in [1.29, 1.82) is 0 Å². The van der Waals surface area contributed by atoms with Gasteiger partial charge in [0.2, 0.25) is 0 Å². The number of benzene rings is 2. The van der Waals surface area contributed by atoms with Gasteiger partial charge in [-0.1, -0.05) is 29.3 Å². The Morgan fingerprint density at radius 2 is 1.80 bits per heavy atom. The minimum atomic E-state index is -0.391. The van der Waals surface area contributed by atoms with Crippen molar-refractivity contribution < 1.29 is 19.0 Å². The predicted octanol–water partition coefficient (Wildman–Crippen LogP) is 5.75. The molecule has 0 amide bonds. The van der Waals surface area contributed by atoms with E-state index in [2.05, 4.69) is 22.6 Å². The first-order chi connectivity index (χ1) is 12.0. The molecule has 0 bridgehead atoms. The molecule has 0 N–H and O–H groups in total. The first-order valence-corrected chi connectivity index (χ1v) is 9.49. The lowest BCUT2D eigenvalue weighted by Gasteiger charge is -2.15. The topological polar surface area (TPSA) is 44.8 Å². The summed E-state index contributed by atoms with van der Waals surface area (Å²) < 4.78 is 17.3. The number of esters is 1. The van der Waals surface area contributed by atoms with Crippen LogP contribution in [0.4, 0.5) is 0 Å². The molecule has 0 heterocycles. The second-order valence-corrected chi connectivity index (χ2v) is 6.95. The normalized spacial score (nSPS) is 10.4. The van der Waals surface area contributed by atoms with E-state index in [1.165, 1.54) is 0 Å². The standard InChI is InChI=1S/C18H17Cl2IO4/c1-3-23-16-9-12(18(22)24-4-2)8-15(21)17(16)25-10-11-5-6-13(19)14(20)7-11/h5-9H,3-4,10H2,1-2H3. The van der Waals surface area contributed by atoms with Crippen molar-refractivity contribution in [2.24, 2.45) is 0 Å². The van der Waals surface area contributed by atoms with E-state index in [0.29, 0.717) is 46.9 Å². The highest BCUT2D eigenvalue weighted by Crippen LogP contribution is 2.35. The molecule has 0 aliphatic heterocycles. The highest BCUT2D eigenvalue weighted by atomic mass is 127. The molecule has 0 unspecified atom stereocenters. The zero-order valence-corrected chi connectivity index (χ0v) is 17.4. The van der Waals surface area contributed by atoms with Gasteiger partial charge in [0.15, 0.2) is 11.5 Å². The van der Waals surface area contributed by atoms with Crippen LogP contribution in [0, 0.1) is 3.57 Å². The highest BCUT2D eigenvalue weighted by Gasteiger charge is 2.17. The van der Waals surface area contributed by atoms with Gasteiger partial charge in [0.1, 0.15) is 6.61 Å². The second-order valence-electron chi connectivity index (χ2n) is 4.98. The molecule has 134 valence electrons. The molecule has 0 atom stereocenters. The Kier molecular flexibility index (Phi) is 7.65. The highest BCUT2D eigenvalue weighted by molar-refractivity contribution is 14.1. The molecule has 0 saturated carbocycles. The Labute approximate surface area is 170 Å². The van der Waals surface area contributed by atoms with Gasteiger partial charge in [-0.05, 0) is 66.3 Å². The van der Waals surface area contributed by atoms with Gasteiger partial charge in [0.25, 0.3) is 0 Å². The van der Waals surface area contributed by atoms with Crippen LogP contribution in [0.5, 0.6) is 11.5 Å². The van der Waals surface area contributed by atoms with E-state index >= 15 is 0 Å². The fourth-order valence-electron chi connectivity index (χ4n) is 2.09. The van der Waals surface area contributed by atoms with Gasteiger partial charge < -0.3 is 14.2 Å². The largest absolute Gasteiger partial charge is 0.490 e.